The molecule has 0 radical (unpaired) electrons. The van der Waals surface area contributed by atoms with Gasteiger partial charge in [0.1, 0.15) is 5.69 Å². The molecule has 18 heavy (non-hydrogen) atoms. The maximum absolute atomic E-state index is 9.34. The summed E-state index contributed by atoms with van der Waals surface area (Å²) in [7, 11) is 0. The van der Waals surface area contributed by atoms with E-state index in [1.165, 1.54) is 0 Å². The zero-order chi connectivity index (χ0) is 13.1. The molecule has 0 bridgehead atoms. The van der Waals surface area contributed by atoms with E-state index in [1.807, 2.05) is 25.1 Å². The Balaban J connectivity index is 2.57. The van der Waals surface area contributed by atoms with Crippen molar-refractivity contribution >= 4 is 11.6 Å². The maximum atomic E-state index is 9.34. The van der Waals surface area contributed by atoms with Gasteiger partial charge in [0.25, 0.3) is 0 Å². The van der Waals surface area contributed by atoms with Crippen LogP contribution in [0.2, 0.25) is 5.02 Å². The lowest BCUT2D eigenvalue weighted by Crippen LogP contribution is -2.04. The lowest BCUT2D eigenvalue weighted by Gasteiger charge is -2.09. The van der Waals surface area contributed by atoms with Gasteiger partial charge >= 0.3 is 0 Å². The third-order valence-corrected chi connectivity index (χ3v) is 2.83. The van der Waals surface area contributed by atoms with E-state index in [0.717, 1.165) is 16.8 Å². The van der Waals surface area contributed by atoms with Crippen molar-refractivity contribution in [1.29, 1.82) is 0 Å². The van der Waals surface area contributed by atoms with Crippen molar-refractivity contribution in [2.24, 2.45) is 0 Å². The van der Waals surface area contributed by atoms with Crippen LogP contribution in [0.4, 0.5) is 0 Å². The Morgan fingerprint density at radius 3 is 2.78 bits per heavy atom. The fourth-order valence-corrected chi connectivity index (χ4v) is 1.99. The summed E-state index contributed by atoms with van der Waals surface area (Å²) in [6.45, 7) is 6.15. The minimum Gasteiger partial charge on any atom is -0.390 e. The van der Waals surface area contributed by atoms with Crippen molar-refractivity contribution in [1.82, 2.24) is 15.0 Å². The van der Waals surface area contributed by atoms with E-state index in [1.54, 1.807) is 10.7 Å². The predicted molar refractivity (Wildman–Crippen MR) is 71.2 cm³/mol. The van der Waals surface area contributed by atoms with E-state index in [0.29, 0.717) is 17.3 Å². The number of nitrogens with zero attached hydrogens (tertiary/aromatic N) is 3. The molecule has 4 nitrogen and oxygen atoms in total. The Labute approximate surface area is 111 Å². The number of allylic oxidation sites excluding steroid dienone is 1. The molecule has 2 rings (SSSR count). The van der Waals surface area contributed by atoms with Gasteiger partial charge in [0.2, 0.25) is 0 Å². The molecule has 0 fully saturated rings. The lowest BCUT2D eigenvalue weighted by atomic mass is 10.1. The summed E-state index contributed by atoms with van der Waals surface area (Å²) in [4.78, 5) is 0. The van der Waals surface area contributed by atoms with Gasteiger partial charge in [-0.05, 0) is 13.0 Å². The summed E-state index contributed by atoms with van der Waals surface area (Å²) in [6.07, 6.45) is 0. The normalized spacial score (nSPS) is 10.6. The molecule has 0 atom stereocenters. The Hall–Kier alpha value is -1.65. The SMILES string of the molecule is C=C(C)Cn1nnc(CO)c1-c1ccccc1Cl. The number of rotatable bonds is 4. The van der Waals surface area contributed by atoms with Crippen molar-refractivity contribution in [2.45, 2.75) is 20.1 Å². The molecule has 2 aromatic rings. The second-order valence-corrected chi connectivity index (χ2v) is 4.54. The first-order valence-electron chi connectivity index (χ1n) is 5.56. The van der Waals surface area contributed by atoms with Crippen LogP contribution in [0.1, 0.15) is 12.6 Å². The highest BCUT2D eigenvalue weighted by Crippen LogP contribution is 2.29. The van der Waals surface area contributed by atoms with Crippen LogP contribution in [0.15, 0.2) is 36.4 Å². The molecule has 0 unspecified atom stereocenters. The molecule has 1 aromatic carbocycles. The van der Waals surface area contributed by atoms with Gasteiger partial charge in [-0.2, -0.15) is 0 Å². The molecular formula is C13H14ClN3O. The number of benzene rings is 1. The van der Waals surface area contributed by atoms with Crippen LogP contribution < -0.4 is 0 Å². The van der Waals surface area contributed by atoms with Gasteiger partial charge in [-0.15, -0.1) is 5.10 Å². The summed E-state index contributed by atoms with van der Waals surface area (Å²) < 4.78 is 1.70. The smallest absolute Gasteiger partial charge is 0.116 e. The fraction of sp³-hybridized carbons (Fsp3) is 0.231. The van der Waals surface area contributed by atoms with Crippen LogP contribution >= 0.6 is 11.6 Å². The summed E-state index contributed by atoms with van der Waals surface area (Å²) in [5, 5.41) is 17.9. The highest BCUT2D eigenvalue weighted by Gasteiger charge is 2.16. The minimum atomic E-state index is -0.170. The van der Waals surface area contributed by atoms with E-state index in [9.17, 15) is 5.11 Å². The van der Waals surface area contributed by atoms with E-state index in [-0.39, 0.29) is 6.61 Å². The molecule has 0 aliphatic rings. The summed E-state index contributed by atoms with van der Waals surface area (Å²) in [5.74, 6) is 0. The molecule has 0 saturated carbocycles. The summed E-state index contributed by atoms with van der Waals surface area (Å²) in [5.41, 5.74) is 3.03. The first-order chi connectivity index (χ1) is 8.63. The topological polar surface area (TPSA) is 50.9 Å². The predicted octanol–water partition coefficient (Wildman–Crippen LogP) is 2.67. The van der Waals surface area contributed by atoms with Crippen LogP contribution in [-0.2, 0) is 13.2 Å². The summed E-state index contributed by atoms with van der Waals surface area (Å²) >= 11 is 6.18. The van der Waals surface area contributed by atoms with E-state index in [2.05, 4.69) is 16.9 Å². The molecule has 1 heterocycles. The van der Waals surface area contributed by atoms with Gasteiger partial charge in [0.15, 0.2) is 0 Å². The first kappa shape index (κ1) is 12.8. The maximum Gasteiger partial charge on any atom is 0.116 e. The molecular weight excluding hydrogens is 250 g/mol. The highest BCUT2D eigenvalue weighted by molar-refractivity contribution is 6.33. The Morgan fingerprint density at radius 1 is 1.44 bits per heavy atom. The quantitative estimate of drug-likeness (QED) is 0.863. The second-order valence-electron chi connectivity index (χ2n) is 4.14. The zero-order valence-corrected chi connectivity index (χ0v) is 10.9. The first-order valence-corrected chi connectivity index (χ1v) is 5.93. The number of halogens is 1. The van der Waals surface area contributed by atoms with Crippen molar-refractivity contribution in [2.75, 3.05) is 0 Å². The number of aliphatic hydroxyl groups is 1. The van der Waals surface area contributed by atoms with Gasteiger partial charge < -0.3 is 5.11 Å². The molecule has 0 spiro atoms. The largest absolute Gasteiger partial charge is 0.390 e. The van der Waals surface area contributed by atoms with Crippen molar-refractivity contribution in [3.63, 3.8) is 0 Å². The second kappa shape index (κ2) is 5.33. The average molecular weight is 264 g/mol. The Kier molecular flexibility index (Phi) is 3.79. The molecule has 0 saturated heterocycles. The van der Waals surface area contributed by atoms with Gasteiger partial charge in [0, 0.05) is 5.56 Å². The fourth-order valence-electron chi connectivity index (χ4n) is 1.77. The molecule has 0 aliphatic heterocycles. The van der Waals surface area contributed by atoms with E-state index in [4.69, 9.17) is 11.6 Å². The molecule has 0 aliphatic carbocycles. The molecule has 0 amide bonds. The third-order valence-electron chi connectivity index (χ3n) is 2.50. The standard InChI is InChI=1S/C13H14ClN3O/c1-9(2)7-17-13(12(8-18)15-16-17)10-5-3-4-6-11(10)14/h3-6,18H,1,7-8H2,2H3. The number of hydrogen-bond acceptors (Lipinski definition) is 3. The highest BCUT2D eigenvalue weighted by atomic mass is 35.5. The van der Waals surface area contributed by atoms with Crippen LogP contribution in [0, 0.1) is 0 Å². The van der Waals surface area contributed by atoms with Crippen LogP contribution in [0.5, 0.6) is 0 Å². The molecule has 5 heteroatoms. The Morgan fingerprint density at radius 2 is 2.17 bits per heavy atom. The number of aliphatic hydroxyl groups excluding tert-OH is 1. The van der Waals surface area contributed by atoms with Gasteiger partial charge in [0.05, 0.1) is 23.9 Å². The van der Waals surface area contributed by atoms with Crippen LogP contribution in [0.3, 0.4) is 0 Å². The van der Waals surface area contributed by atoms with Crippen molar-refractivity contribution in [3.05, 3.63) is 47.1 Å². The number of hydrogen-bond donors (Lipinski definition) is 1. The lowest BCUT2D eigenvalue weighted by molar-refractivity contribution is 0.277. The molecule has 1 aromatic heterocycles. The van der Waals surface area contributed by atoms with Crippen LogP contribution in [-0.4, -0.2) is 20.1 Å². The summed E-state index contributed by atoms with van der Waals surface area (Å²) in [6, 6.07) is 7.43. The van der Waals surface area contributed by atoms with Crippen molar-refractivity contribution < 1.29 is 5.11 Å². The molecule has 94 valence electrons. The zero-order valence-electron chi connectivity index (χ0n) is 10.1. The Bertz CT molecular complexity index is 577. The van der Waals surface area contributed by atoms with E-state index < -0.39 is 0 Å². The third kappa shape index (κ3) is 2.44. The van der Waals surface area contributed by atoms with E-state index >= 15 is 0 Å². The monoisotopic (exact) mass is 263 g/mol. The molecule has 1 N–H and O–H groups in total. The van der Waals surface area contributed by atoms with Crippen molar-refractivity contribution in [3.8, 4) is 11.3 Å². The van der Waals surface area contributed by atoms with Gasteiger partial charge in [-0.25, -0.2) is 4.68 Å². The van der Waals surface area contributed by atoms with Gasteiger partial charge in [-0.1, -0.05) is 47.2 Å². The average Bonchev–Trinajstić information content (AvgIpc) is 2.72. The van der Waals surface area contributed by atoms with Gasteiger partial charge in [-0.3, -0.25) is 0 Å². The minimum absolute atomic E-state index is 0.170. The number of aromatic nitrogens is 3. The van der Waals surface area contributed by atoms with Crippen LogP contribution in [0.25, 0.3) is 11.3 Å².